The lowest BCUT2D eigenvalue weighted by Crippen LogP contribution is -2.60. The third-order valence-electron chi connectivity index (χ3n) is 7.04. The highest BCUT2D eigenvalue weighted by molar-refractivity contribution is 5.95. The summed E-state index contributed by atoms with van der Waals surface area (Å²) >= 11 is 0. The van der Waals surface area contributed by atoms with Crippen LogP contribution >= 0.6 is 0 Å². The minimum atomic E-state index is -1.60. The van der Waals surface area contributed by atoms with Gasteiger partial charge in [-0.2, -0.15) is 0 Å². The van der Waals surface area contributed by atoms with Crippen molar-refractivity contribution in [1.82, 2.24) is 25.9 Å². The molecule has 222 valence electrons. The molecule has 3 amide bonds. The van der Waals surface area contributed by atoms with Crippen molar-refractivity contribution in [3.8, 4) is 0 Å². The summed E-state index contributed by atoms with van der Waals surface area (Å²) in [6.07, 6.45) is 2.15. The molecule has 0 fully saturated rings. The van der Waals surface area contributed by atoms with E-state index in [1.165, 1.54) is 6.92 Å². The number of aromatic nitrogens is 2. The topological polar surface area (TPSA) is 223 Å². The molecule has 13 heteroatoms. The number of aliphatic hydroxyl groups is 2. The van der Waals surface area contributed by atoms with E-state index >= 15 is 0 Å². The number of H-pyrrole nitrogens is 2. The maximum absolute atomic E-state index is 13.3. The van der Waals surface area contributed by atoms with Crippen LogP contribution in [-0.4, -0.2) is 85.9 Å². The van der Waals surface area contributed by atoms with Gasteiger partial charge in [0.25, 0.3) is 0 Å². The zero-order chi connectivity index (χ0) is 30.4. The third kappa shape index (κ3) is 6.94. The molecule has 13 nitrogen and oxygen atoms in total. The van der Waals surface area contributed by atoms with Gasteiger partial charge in [0, 0.05) is 40.6 Å². The van der Waals surface area contributed by atoms with Crippen LogP contribution in [0.25, 0.3) is 21.8 Å². The van der Waals surface area contributed by atoms with E-state index < -0.39 is 60.6 Å². The van der Waals surface area contributed by atoms with Crippen LogP contribution in [0.3, 0.4) is 0 Å². The average molecular weight is 579 g/mol. The van der Waals surface area contributed by atoms with E-state index in [1.807, 2.05) is 42.5 Å². The van der Waals surface area contributed by atoms with Crippen LogP contribution in [0.5, 0.6) is 0 Å². The Hall–Kier alpha value is -4.72. The van der Waals surface area contributed by atoms with Gasteiger partial charge in [0.05, 0.1) is 18.8 Å². The van der Waals surface area contributed by atoms with Crippen molar-refractivity contribution in [1.29, 1.82) is 0 Å². The zero-order valence-electron chi connectivity index (χ0n) is 22.8. The first kappa shape index (κ1) is 30.2. The van der Waals surface area contributed by atoms with Crippen molar-refractivity contribution in [2.45, 2.75) is 50.0 Å². The molecule has 0 aliphatic carbocycles. The number of amides is 3. The largest absolute Gasteiger partial charge is 0.480 e. The summed E-state index contributed by atoms with van der Waals surface area (Å²) in [5.41, 5.74) is 9.28. The molecule has 0 radical (unpaired) electrons. The minimum absolute atomic E-state index is 0.0556. The molecule has 5 atom stereocenters. The van der Waals surface area contributed by atoms with Crippen molar-refractivity contribution in [3.63, 3.8) is 0 Å². The number of carboxylic acid groups (broad SMARTS) is 1. The molecule has 2 aromatic carbocycles. The van der Waals surface area contributed by atoms with Crippen LogP contribution in [0.2, 0.25) is 0 Å². The molecule has 0 spiro atoms. The van der Waals surface area contributed by atoms with Crippen molar-refractivity contribution >= 4 is 45.5 Å². The highest BCUT2D eigenvalue weighted by Crippen LogP contribution is 2.20. The van der Waals surface area contributed by atoms with Gasteiger partial charge in [0.15, 0.2) is 0 Å². The number of carbonyl (C=O) groups is 4. The lowest BCUT2D eigenvalue weighted by molar-refractivity contribution is -0.143. The number of aliphatic hydroxyl groups excluding tert-OH is 2. The summed E-state index contributed by atoms with van der Waals surface area (Å²) in [6.45, 7) is 0.437. The average Bonchev–Trinajstić information content (AvgIpc) is 3.57. The molecule has 5 unspecified atom stereocenters. The van der Waals surface area contributed by atoms with Crippen molar-refractivity contribution in [3.05, 3.63) is 72.1 Å². The second kappa shape index (κ2) is 13.3. The number of nitrogens with one attached hydrogen (secondary N) is 5. The predicted octanol–water partition coefficient (Wildman–Crippen LogP) is -0.326. The van der Waals surface area contributed by atoms with Crippen LogP contribution in [0.15, 0.2) is 60.9 Å². The van der Waals surface area contributed by atoms with Crippen LogP contribution in [-0.2, 0) is 32.0 Å². The molecule has 10 N–H and O–H groups in total. The fraction of sp³-hybridized carbons (Fsp3) is 0.310. The fourth-order valence-electron chi connectivity index (χ4n) is 4.74. The second-order valence-electron chi connectivity index (χ2n) is 10.1. The van der Waals surface area contributed by atoms with Crippen LogP contribution in [0, 0.1) is 0 Å². The molecule has 4 aromatic rings. The van der Waals surface area contributed by atoms with Gasteiger partial charge >= 0.3 is 5.97 Å². The second-order valence-corrected chi connectivity index (χ2v) is 10.1. The van der Waals surface area contributed by atoms with Gasteiger partial charge in [-0.3, -0.25) is 14.4 Å². The van der Waals surface area contributed by atoms with Gasteiger partial charge in [-0.15, -0.1) is 0 Å². The third-order valence-corrected chi connectivity index (χ3v) is 7.04. The molecule has 42 heavy (non-hydrogen) atoms. The Morgan fingerprint density at radius 2 is 1.31 bits per heavy atom. The normalized spacial score (nSPS) is 15.0. The maximum Gasteiger partial charge on any atom is 0.328 e. The number of hydrogen-bond donors (Lipinski definition) is 9. The lowest BCUT2D eigenvalue weighted by atomic mass is 10.0. The van der Waals surface area contributed by atoms with Gasteiger partial charge in [-0.25, -0.2) is 4.79 Å². The first-order chi connectivity index (χ1) is 20.1. The number of rotatable bonds is 13. The SMILES string of the molecule is CC(O)C(NC(=O)C(N)Cc1c[nH]c2ccccc12)C(=O)NC(Cc1c[nH]c2ccccc12)C(=O)NC(CO)C(=O)O. The molecular formula is C29H34N6O7. The first-order valence-electron chi connectivity index (χ1n) is 13.4. The van der Waals surface area contributed by atoms with Gasteiger partial charge < -0.3 is 47.0 Å². The van der Waals surface area contributed by atoms with Crippen LogP contribution < -0.4 is 21.7 Å². The van der Waals surface area contributed by atoms with E-state index in [9.17, 15) is 34.5 Å². The van der Waals surface area contributed by atoms with Gasteiger partial charge in [0.2, 0.25) is 17.7 Å². The Morgan fingerprint density at radius 3 is 1.83 bits per heavy atom. The molecule has 2 heterocycles. The number of carbonyl (C=O) groups excluding carboxylic acids is 3. The highest BCUT2D eigenvalue weighted by Gasteiger charge is 2.33. The number of para-hydroxylation sites is 2. The van der Waals surface area contributed by atoms with Gasteiger partial charge in [-0.1, -0.05) is 36.4 Å². The van der Waals surface area contributed by atoms with E-state index in [2.05, 4.69) is 25.9 Å². The minimum Gasteiger partial charge on any atom is -0.480 e. The Kier molecular flexibility index (Phi) is 9.57. The van der Waals surface area contributed by atoms with Gasteiger partial charge in [0.1, 0.15) is 18.1 Å². The smallest absolute Gasteiger partial charge is 0.328 e. The first-order valence-corrected chi connectivity index (χ1v) is 13.4. The standard InChI is InChI=1S/C29H34N6O7/c1-15(37)25(35-26(38)20(30)10-16-12-31-21-8-4-2-6-18(16)21)28(40)33-23(27(39)34-24(14-36)29(41)42)11-17-13-32-22-9-5-3-7-19(17)22/h2-9,12-13,15,20,23-25,31-32,36-37H,10-11,14,30H2,1H3,(H,33,40)(H,34,39)(H,35,38)(H,41,42). The number of hydrogen-bond acceptors (Lipinski definition) is 7. The predicted molar refractivity (Wildman–Crippen MR) is 154 cm³/mol. The van der Waals surface area contributed by atoms with Crippen LogP contribution in [0.4, 0.5) is 0 Å². The lowest BCUT2D eigenvalue weighted by Gasteiger charge is -2.26. The molecule has 0 saturated heterocycles. The van der Waals surface area contributed by atoms with Crippen molar-refractivity contribution < 1.29 is 34.5 Å². The maximum atomic E-state index is 13.3. The molecule has 0 bridgehead atoms. The summed E-state index contributed by atoms with van der Waals surface area (Å²) < 4.78 is 0. The fourth-order valence-corrected chi connectivity index (χ4v) is 4.74. The van der Waals surface area contributed by atoms with Crippen molar-refractivity contribution in [2.75, 3.05) is 6.61 Å². The van der Waals surface area contributed by atoms with E-state index in [0.717, 1.165) is 27.4 Å². The summed E-state index contributed by atoms with van der Waals surface area (Å²) in [4.78, 5) is 57.1. The Balaban J connectivity index is 1.50. The molecule has 4 rings (SSSR count). The molecular weight excluding hydrogens is 544 g/mol. The van der Waals surface area contributed by atoms with E-state index in [4.69, 9.17) is 5.73 Å². The van der Waals surface area contributed by atoms with E-state index in [1.54, 1.807) is 18.5 Å². The van der Waals surface area contributed by atoms with Crippen LogP contribution in [0.1, 0.15) is 18.1 Å². The number of nitrogens with two attached hydrogens (primary N) is 1. The summed E-state index contributed by atoms with van der Waals surface area (Å²) in [6, 6.07) is 9.35. The number of aromatic amines is 2. The summed E-state index contributed by atoms with van der Waals surface area (Å²) in [5, 5.41) is 37.9. The zero-order valence-corrected chi connectivity index (χ0v) is 22.8. The monoisotopic (exact) mass is 578 g/mol. The van der Waals surface area contributed by atoms with E-state index in [0.29, 0.717) is 5.56 Å². The summed E-state index contributed by atoms with van der Waals surface area (Å²) in [5.74, 6) is -3.90. The number of carboxylic acids is 1. The molecule has 2 aromatic heterocycles. The molecule has 0 saturated carbocycles. The quantitative estimate of drug-likeness (QED) is 0.102. The Morgan fingerprint density at radius 1 is 0.786 bits per heavy atom. The molecule has 0 aliphatic heterocycles. The number of benzene rings is 2. The number of fused-ring (bicyclic) bond motifs is 2. The van der Waals surface area contributed by atoms with Gasteiger partial charge in [-0.05, 0) is 36.6 Å². The van der Waals surface area contributed by atoms with Crippen molar-refractivity contribution in [2.24, 2.45) is 5.73 Å². The summed E-state index contributed by atoms with van der Waals surface area (Å²) in [7, 11) is 0. The Labute approximate surface area is 240 Å². The highest BCUT2D eigenvalue weighted by atomic mass is 16.4. The molecule has 0 aliphatic rings. The van der Waals surface area contributed by atoms with E-state index in [-0.39, 0.29) is 12.8 Å². The number of aliphatic carboxylic acids is 1. The Bertz CT molecular complexity index is 1580.